The second kappa shape index (κ2) is 2.81. The number of carbonyl (C=O) groups is 1. The smallest absolute Gasteiger partial charge is 0.335 e. The first-order valence-electron chi connectivity index (χ1n) is 4.07. The van der Waals surface area contributed by atoms with E-state index in [0.29, 0.717) is 6.42 Å². The molecule has 2 N–H and O–H groups in total. The molecule has 0 saturated heterocycles. The van der Waals surface area contributed by atoms with Crippen molar-refractivity contribution in [2.45, 2.75) is 38.2 Å². The van der Waals surface area contributed by atoms with Gasteiger partial charge in [-0.1, -0.05) is 6.92 Å². The third-order valence-electron chi connectivity index (χ3n) is 2.65. The molecule has 0 bridgehead atoms. The van der Waals surface area contributed by atoms with Gasteiger partial charge in [-0.15, -0.1) is 0 Å². The summed E-state index contributed by atoms with van der Waals surface area (Å²) >= 11 is 0. The van der Waals surface area contributed by atoms with Crippen LogP contribution in [0.5, 0.6) is 0 Å². The van der Waals surface area contributed by atoms with Gasteiger partial charge in [-0.3, -0.25) is 0 Å². The van der Waals surface area contributed by atoms with Gasteiger partial charge in [-0.2, -0.15) is 0 Å². The fraction of sp³-hybridized carbons (Fsp3) is 0.875. The highest BCUT2D eigenvalue weighted by molar-refractivity contribution is 5.77. The van der Waals surface area contributed by atoms with Crippen LogP contribution in [0.4, 0.5) is 0 Å². The Kier molecular flexibility index (Phi) is 2.18. The van der Waals surface area contributed by atoms with Crippen molar-refractivity contribution in [1.82, 2.24) is 0 Å². The van der Waals surface area contributed by atoms with Gasteiger partial charge in [0.2, 0.25) is 0 Å². The number of aliphatic hydroxyl groups is 1. The molecular formula is C8H14O3. The van der Waals surface area contributed by atoms with Crippen molar-refractivity contribution in [2.75, 3.05) is 0 Å². The van der Waals surface area contributed by atoms with Gasteiger partial charge in [0, 0.05) is 0 Å². The molecule has 2 unspecified atom stereocenters. The normalized spacial score (nSPS) is 37.5. The average Bonchev–Trinajstić information content (AvgIpc) is 2.32. The Morgan fingerprint density at radius 2 is 2.36 bits per heavy atom. The van der Waals surface area contributed by atoms with Gasteiger partial charge in [0.05, 0.1) is 0 Å². The molecule has 0 aromatic carbocycles. The van der Waals surface area contributed by atoms with Crippen LogP contribution in [0.2, 0.25) is 0 Å². The van der Waals surface area contributed by atoms with Crippen LogP contribution in [-0.4, -0.2) is 21.8 Å². The van der Waals surface area contributed by atoms with Gasteiger partial charge >= 0.3 is 5.97 Å². The monoisotopic (exact) mass is 158 g/mol. The number of aliphatic carboxylic acids is 1. The minimum Gasteiger partial charge on any atom is -0.479 e. The lowest BCUT2D eigenvalue weighted by atomic mass is 9.89. The zero-order chi connectivity index (χ0) is 8.48. The molecule has 1 aliphatic carbocycles. The second-order valence-corrected chi connectivity index (χ2v) is 3.23. The van der Waals surface area contributed by atoms with Gasteiger partial charge in [0.15, 0.2) is 5.60 Å². The first-order chi connectivity index (χ1) is 5.11. The van der Waals surface area contributed by atoms with Crippen molar-refractivity contribution >= 4 is 5.97 Å². The minimum absolute atomic E-state index is 0.0417. The van der Waals surface area contributed by atoms with E-state index in [0.717, 1.165) is 19.3 Å². The Labute approximate surface area is 66.0 Å². The van der Waals surface area contributed by atoms with Crippen molar-refractivity contribution in [3.63, 3.8) is 0 Å². The summed E-state index contributed by atoms with van der Waals surface area (Å²) in [6, 6.07) is 0. The lowest BCUT2D eigenvalue weighted by Gasteiger charge is -2.23. The van der Waals surface area contributed by atoms with Crippen molar-refractivity contribution in [3.8, 4) is 0 Å². The molecule has 1 rings (SSSR count). The molecule has 0 spiro atoms. The molecule has 1 fully saturated rings. The van der Waals surface area contributed by atoms with Crippen LogP contribution >= 0.6 is 0 Å². The van der Waals surface area contributed by atoms with Gasteiger partial charge in [-0.25, -0.2) is 4.79 Å². The summed E-state index contributed by atoms with van der Waals surface area (Å²) in [5.41, 5.74) is -1.42. The lowest BCUT2D eigenvalue weighted by Crippen LogP contribution is -2.41. The van der Waals surface area contributed by atoms with Crippen LogP contribution in [-0.2, 0) is 4.79 Å². The van der Waals surface area contributed by atoms with E-state index in [-0.39, 0.29) is 5.92 Å². The van der Waals surface area contributed by atoms with Crippen molar-refractivity contribution in [3.05, 3.63) is 0 Å². The predicted octanol–water partition coefficient (Wildman–Crippen LogP) is 1.01. The first-order valence-corrected chi connectivity index (χ1v) is 4.07. The van der Waals surface area contributed by atoms with E-state index in [1.54, 1.807) is 0 Å². The Hall–Kier alpha value is -0.570. The maximum atomic E-state index is 10.6. The maximum Gasteiger partial charge on any atom is 0.335 e. The molecule has 1 aliphatic rings. The Bertz CT molecular complexity index is 167. The van der Waals surface area contributed by atoms with Gasteiger partial charge in [-0.05, 0) is 31.6 Å². The van der Waals surface area contributed by atoms with Crippen LogP contribution in [0.25, 0.3) is 0 Å². The maximum absolute atomic E-state index is 10.6. The summed E-state index contributed by atoms with van der Waals surface area (Å²) in [5, 5.41) is 18.4. The first kappa shape index (κ1) is 8.53. The molecule has 0 radical (unpaired) electrons. The summed E-state index contributed by atoms with van der Waals surface area (Å²) in [4.78, 5) is 10.6. The third-order valence-corrected chi connectivity index (χ3v) is 2.65. The summed E-state index contributed by atoms with van der Waals surface area (Å²) in [5.74, 6) is -1.10. The highest BCUT2D eigenvalue weighted by Crippen LogP contribution is 2.37. The van der Waals surface area contributed by atoms with Crippen molar-refractivity contribution in [1.29, 1.82) is 0 Å². The van der Waals surface area contributed by atoms with E-state index in [1.807, 2.05) is 6.92 Å². The summed E-state index contributed by atoms with van der Waals surface area (Å²) in [7, 11) is 0. The molecule has 1 saturated carbocycles. The average molecular weight is 158 g/mol. The van der Waals surface area contributed by atoms with Crippen LogP contribution in [0.3, 0.4) is 0 Å². The van der Waals surface area contributed by atoms with Crippen LogP contribution < -0.4 is 0 Å². The van der Waals surface area contributed by atoms with E-state index in [4.69, 9.17) is 5.11 Å². The van der Waals surface area contributed by atoms with Crippen molar-refractivity contribution < 1.29 is 15.0 Å². The zero-order valence-electron chi connectivity index (χ0n) is 6.71. The number of hydrogen-bond acceptors (Lipinski definition) is 2. The highest BCUT2D eigenvalue weighted by atomic mass is 16.4. The summed E-state index contributed by atoms with van der Waals surface area (Å²) in [6.45, 7) is 1.92. The van der Waals surface area contributed by atoms with E-state index in [2.05, 4.69) is 0 Å². The van der Waals surface area contributed by atoms with E-state index < -0.39 is 11.6 Å². The molecule has 2 atom stereocenters. The number of carboxylic acids is 1. The molecule has 64 valence electrons. The predicted molar refractivity (Wildman–Crippen MR) is 40.2 cm³/mol. The van der Waals surface area contributed by atoms with Gasteiger partial charge in [0.25, 0.3) is 0 Å². The molecule has 0 heterocycles. The molecule has 3 nitrogen and oxygen atoms in total. The van der Waals surface area contributed by atoms with E-state index >= 15 is 0 Å². The minimum atomic E-state index is -1.42. The number of rotatable bonds is 2. The molecule has 3 heteroatoms. The topological polar surface area (TPSA) is 57.5 Å². The second-order valence-electron chi connectivity index (χ2n) is 3.23. The SMILES string of the molecule is CCC1CCCC1(O)C(=O)O. The van der Waals surface area contributed by atoms with Gasteiger partial charge in [0.1, 0.15) is 0 Å². The highest BCUT2D eigenvalue weighted by Gasteiger charge is 2.46. The molecular weight excluding hydrogens is 144 g/mol. The standard InChI is InChI=1S/C8H14O3/c1-2-6-4-3-5-8(6,11)7(9)10/h6,11H,2-5H2,1H3,(H,9,10). The van der Waals surface area contributed by atoms with Crippen molar-refractivity contribution in [2.24, 2.45) is 5.92 Å². The van der Waals surface area contributed by atoms with E-state index in [9.17, 15) is 9.90 Å². The van der Waals surface area contributed by atoms with Crippen LogP contribution in [0.1, 0.15) is 32.6 Å². The molecule has 0 aromatic rings. The fourth-order valence-corrected chi connectivity index (χ4v) is 1.88. The quantitative estimate of drug-likeness (QED) is 0.630. The Balaban J connectivity index is 2.75. The fourth-order valence-electron chi connectivity index (χ4n) is 1.88. The number of hydrogen-bond donors (Lipinski definition) is 2. The van der Waals surface area contributed by atoms with E-state index in [1.165, 1.54) is 0 Å². The summed E-state index contributed by atoms with van der Waals surface area (Å²) in [6.07, 6.45) is 2.85. The Morgan fingerprint density at radius 3 is 2.73 bits per heavy atom. The summed E-state index contributed by atoms with van der Waals surface area (Å²) < 4.78 is 0. The molecule has 11 heavy (non-hydrogen) atoms. The molecule has 0 aromatic heterocycles. The van der Waals surface area contributed by atoms with Gasteiger partial charge < -0.3 is 10.2 Å². The molecule has 0 aliphatic heterocycles. The number of carboxylic acid groups (broad SMARTS) is 1. The zero-order valence-corrected chi connectivity index (χ0v) is 6.71. The lowest BCUT2D eigenvalue weighted by molar-refractivity contribution is -0.162. The third kappa shape index (κ3) is 1.25. The van der Waals surface area contributed by atoms with Crippen LogP contribution in [0, 0.1) is 5.92 Å². The molecule has 0 amide bonds. The largest absolute Gasteiger partial charge is 0.479 e. The van der Waals surface area contributed by atoms with Crippen LogP contribution in [0.15, 0.2) is 0 Å². The Morgan fingerprint density at radius 1 is 1.73 bits per heavy atom.